The number of esters is 1. The van der Waals surface area contributed by atoms with Crippen molar-refractivity contribution in [2.75, 3.05) is 31.8 Å². The van der Waals surface area contributed by atoms with Crippen LogP contribution < -0.4 is 19.1 Å². The Morgan fingerprint density at radius 2 is 1.65 bits per heavy atom. The average molecular weight is 466 g/mol. The van der Waals surface area contributed by atoms with Gasteiger partial charge in [0.2, 0.25) is 0 Å². The van der Waals surface area contributed by atoms with Gasteiger partial charge in [0.25, 0.3) is 5.91 Å². The van der Waals surface area contributed by atoms with Gasteiger partial charge in [-0.1, -0.05) is 13.0 Å². The van der Waals surface area contributed by atoms with Gasteiger partial charge in [0, 0.05) is 11.4 Å². The third-order valence-corrected chi connectivity index (χ3v) is 5.24. The van der Waals surface area contributed by atoms with Crippen LogP contribution in [0.25, 0.3) is 6.08 Å². The Hall–Kier alpha value is -3.74. The number of methoxy groups -OCH3 is 1. The topological polar surface area (TPSA) is 74.3 Å². The molecule has 0 aromatic heterocycles. The van der Waals surface area contributed by atoms with Crippen LogP contribution in [0.3, 0.4) is 0 Å². The van der Waals surface area contributed by atoms with Crippen LogP contribution in [0, 0.1) is 0 Å². The fourth-order valence-corrected chi connectivity index (χ4v) is 3.73. The van der Waals surface area contributed by atoms with Crippen LogP contribution in [0.4, 0.5) is 5.69 Å². The first-order valence-corrected chi connectivity index (χ1v) is 11.4. The van der Waals surface area contributed by atoms with Gasteiger partial charge in [-0.25, -0.2) is 4.79 Å². The van der Waals surface area contributed by atoms with E-state index in [2.05, 4.69) is 0 Å². The molecule has 1 amide bonds. The van der Waals surface area contributed by atoms with E-state index in [1.165, 1.54) is 12.0 Å². The molecule has 0 atom stereocenters. The summed E-state index contributed by atoms with van der Waals surface area (Å²) in [4.78, 5) is 27.7. The number of hydrogen-bond donors (Lipinski definition) is 0. The van der Waals surface area contributed by atoms with Crippen LogP contribution in [0.1, 0.15) is 39.7 Å². The second-order valence-corrected chi connectivity index (χ2v) is 7.57. The number of carbonyl (C=O) groups excluding carboxylic acids is 2. The molecule has 34 heavy (non-hydrogen) atoms. The van der Waals surface area contributed by atoms with Crippen LogP contribution in [-0.4, -0.2) is 38.8 Å². The zero-order valence-electron chi connectivity index (χ0n) is 20.3. The molecular formula is C27H31NO6. The van der Waals surface area contributed by atoms with Crippen LogP contribution in [0.2, 0.25) is 0 Å². The first-order valence-electron chi connectivity index (χ1n) is 11.4. The van der Waals surface area contributed by atoms with Gasteiger partial charge in [-0.15, -0.1) is 0 Å². The molecule has 3 rings (SSSR count). The van der Waals surface area contributed by atoms with E-state index in [1.807, 2.05) is 32.9 Å². The fourth-order valence-electron chi connectivity index (χ4n) is 3.73. The van der Waals surface area contributed by atoms with Gasteiger partial charge in [-0.3, -0.25) is 9.69 Å². The smallest absolute Gasteiger partial charge is 0.340 e. The standard InChI is InChI=1S/C27H31NO6/c1-6-15-34-23-14-9-19(17-24(23)33-8-3)16-22-25(27(30)31-5)18(4)28(26(22)29)20-10-12-21(13-11-20)32-7-2/h9-14,16-17H,6-8,15H2,1-5H3/b22-16-. The third kappa shape index (κ3) is 5.25. The molecule has 1 aliphatic heterocycles. The van der Waals surface area contributed by atoms with Crippen molar-refractivity contribution in [2.45, 2.75) is 34.1 Å². The maximum absolute atomic E-state index is 13.5. The van der Waals surface area contributed by atoms with E-state index in [9.17, 15) is 9.59 Å². The molecule has 0 radical (unpaired) electrons. The summed E-state index contributed by atoms with van der Waals surface area (Å²) in [5.41, 5.74) is 2.32. The lowest BCUT2D eigenvalue weighted by molar-refractivity contribution is -0.136. The van der Waals surface area contributed by atoms with Gasteiger partial charge in [0.05, 0.1) is 38.1 Å². The van der Waals surface area contributed by atoms with E-state index in [4.69, 9.17) is 18.9 Å². The van der Waals surface area contributed by atoms with Gasteiger partial charge in [0.1, 0.15) is 5.75 Å². The summed E-state index contributed by atoms with van der Waals surface area (Å²) in [5.74, 6) is 1.04. The van der Waals surface area contributed by atoms with Crippen molar-refractivity contribution >= 4 is 23.6 Å². The van der Waals surface area contributed by atoms with Crippen LogP contribution in [0.5, 0.6) is 17.2 Å². The molecule has 2 aromatic rings. The Kier molecular flexibility index (Phi) is 8.35. The minimum absolute atomic E-state index is 0.227. The summed E-state index contributed by atoms with van der Waals surface area (Å²) in [6.07, 6.45) is 2.55. The highest BCUT2D eigenvalue weighted by atomic mass is 16.5. The SMILES string of the molecule is CCCOc1ccc(/C=C2\C(=O)N(c3ccc(OCC)cc3)C(C)=C2C(=O)OC)cc1OCC. The Bertz CT molecular complexity index is 1100. The molecule has 0 spiro atoms. The average Bonchev–Trinajstić information content (AvgIpc) is 3.08. The molecule has 2 aromatic carbocycles. The number of hydrogen-bond acceptors (Lipinski definition) is 6. The third-order valence-electron chi connectivity index (χ3n) is 5.24. The maximum atomic E-state index is 13.5. The minimum Gasteiger partial charge on any atom is -0.494 e. The molecule has 0 N–H and O–H groups in total. The number of ether oxygens (including phenoxy) is 4. The van der Waals surface area contributed by atoms with E-state index in [1.54, 1.807) is 43.3 Å². The molecular weight excluding hydrogens is 434 g/mol. The van der Waals surface area contributed by atoms with Gasteiger partial charge in [-0.2, -0.15) is 0 Å². The van der Waals surface area contributed by atoms with Crippen molar-refractivity contribution in [3.05, 3.63) is 64.9 Å². The molecule has 1 aliphatic rings. The van der Waals surface area contributed by atoms with Crippen LogP contribution >= 0.6 is 0 Å². The number of allylic oxidation sites excluding steroid dienone is 1. The van der Waals surface area contributed by atoms with Crippen LogP contribution in [0.15, 0.2) is 59.3 Å². The Morgan fingerprint density at radius 1 is 0.941 bits per heavy atom. The predicted molar refractivity (Wildman–Crippen MR) is 131 cm³/mol. The molecule has 0 fully saturated rings. The molecule has 7 nitrogen and oxygen atoms in total. The zero-order chi connectivity index (χ0) is 24.7. The molecule has 0 aliphatic carbocycles. The lowest BCUT2D eigenvalue weighted by atomic mass is 10.0. The largest absolute Gasteiger partial charge is 0.494 e. The highest BCUT2D eigenvalue weighted by molar-refractivity contribution is 6.23. The van der Waals surface area contributed by atoms with E-state index in [0.29, 0.717) is 54.0 Å². The van der Waals surface area contributed by atoms with E-state index < -0.39 is 5.97 Å². The number of amides is 1. The van der Waals surface area contributed by atoms with Gasteiger partial charge >= 0.3 is 5.97 Å². The summed E-state index contributed by atoms with van der Waals surface area (Å²) in [5, 5.41) is 0. The molecule has 0 unspecified atom stereocenters. The molecule has 0 saturated heterocycles. The number of rotatable bonds is 10. The quantitative estimate of drug-likeness (QED) is 0.357. The van der Waals surface area contributed by atoms with Crippen molar-refractivity contribution < 1.29 is 28.5 Å². The maximum Gasteiger partial charge on any atom is 0.340 e. The van der Waals surface area contributed by atoms with Crippen molar-refractivity contribution in [3.8, 4) is 17.2 Å². The van der Waals surface area contributed by atoms with E-state index in [0.717, 1.165) is 6.42 Å². The Balaban J connectivity index is 2.03. The van der Waals surface area contributed by atoms with Gasteiger partial charge in [0.15, 0.2) is 11.5 Å². The molecule has 0 saturated carbocycles. The highest BCUT2D eigenvalue weighted by Crippen LogP contribution is 2.37. The van der Waals surface area contributed by atoms with E-state index >= 15 is 0 Å². The lowest BCUT2D eigenvalue weighted by Crippen LogP contribution is -2.24. The van der Waals surface area contributed by atoms with Gasteiger partial charge in [-0.05, 0) is 75.2 Å². The van der Waals surface area contributed by atoms with Crippen LogP contribution in [-0.2, 0) is 14.3 Å². The molecule has 7 heteroatoms. The summed E-state index contributed by atoms with van der Waals surface area (Å²) in [7, 11) is 1.30. The molecule has 180 valence electrons. The second kappa shape index (κ2) is 11.4. The highest BCUT2D eigenvalue weighted by Gasteiger charge is 2.38. The summed E-state index contributed by atoms with van der Waals surface area (Å²) >= 11 is 0. The first kappa shape index (κ1) is 24.9. The fraction of sp³-hybridized carbons (Fsp3) is 0.333. The summed E-state index contributed by atoms with van der Waals surface area (Å²) < 4.78 is 22.0. The van der Waals surface area contributed by atoms with Crippen molar-refractivity contribution in [2.24, 2.45) is 0 Å². The number of nitrogens with zero attached hydrogens (tertiary/aromatic N) is 1. The number of benzene rings is 2. The number of anilines is 1. The summed E-state index contributed by atoms with van der Waals surface area (Å²) in [6.45, 7) is 9.16. The number of carbonyl (C=O) groups is 2. The zero-order valence-corrected chi connectivity index (χ0v) is 20.3. The second-order valence-electron chi connectivity index (χ2n) is 7.57. The van der Waals surface area contributed by atoms with E-state index in [-0.39, 0.29) is 17.1 Å². The normalized spacial score (nSPS) is 14.6. The Morgan fingerprint density at radius 3 is 2.26 bits per heavy atom. The lowest BCUT2D eigenvalue weighted by Gasteiger charge is -2.18. The van der Waals surface area contributed by atoms with Crippen molar-refractivity contribution in [1.82, 2.24) is 0 Å². The summed E-state index contributed by atoms with van der Waals surface area (Å²) in [6, 6.07) is 12.6. The first-order chi connectivity index (χ1) is 16.4. The molecule has 1 heterocycles. The van der Waals surface area contributed by atoms with Gasteiger partial charge < -0.3 is 18.9 Å². The van der Waals surface area contributed by atoms with Crippen molar-refractivity contribution in [1.29, 1.82) is 0 Å². The Labute approximate surface area is 200 Å². The molecule has 0 bridgehead atoms. The minimum atomic E-state index is -0.571. The predicted octanol–water partition coefficient (Wildman–Crippen LogP) is 5.15. The van der Waals surface area contributed by atoms with Crippen molar-refractivity contribution in [3.63, 3.8) is 0 Å². The monoisotopic (exact) mass is 465 g/mol.